The number of fused-ring (bicyclic) bond motifs is 1. The average molecular weight is 484 g/mol. The summed E-state index contributed by atoms with van der Waals surface area (Å²) in [6.45, 7) is 4.02. The fraction of sp³-hybridized carbons (Fsp3) is 0.400. The van der Waals surface area contributed by atoms with Gasteiger partial charge in [0.1, 0.15) is 5.82 Å². The Balaban J connectivity index is 1.59. The molecule has 0 unspecified atom stereocenters. The maximum Gasteiger partial charge on any atom is 0.293 e. The summed E-state index contributed by atoms with van der Waals surface area (Å²) >= 11 is 6.46. The molecule has 4 rings (SSSR count). The first-order valence-electron chi connectivity index (χ1n) is 11.5. The van der Waals surface area contributed by atoms with E-state index in [2.05, 4.69) is 22.5 Å². The Morgan fingerprint density at radius 3 is 2.68 bits per heavy atom. The van der Waals surface area contributed by atoms with E-state index in [-0.39, 0.29) is 23.8 Å². The van der Waals surface area contributed by atoms with Crippen molar-refractivity contribution in [2.24, 2.45) is 13.0 Å². The molecule has 34 heavy (non-hydrogen) atoms. The highest BCUT2D eigenvalue weighted by atomic mass is 35.5. The molecule has 2 N–H and O–H groups in total. The summed E-state index contributed by atoms with van der Waals surface area (Å²) in [5, 5.41) is 7.11. The van der Waals surface area contributed by atoms with Crippen LogP contribution >= 0.6 is 11.6 Å². The number of nitrogens with one attached hydrogen (secondary N) is 2. The molecule has 0 radical (unpaired) electrons. The van der Waals surface area contributed by atoms with Crippen molar-refractivity contribution in [1.29, 1.82) is 0 Å². The van der Waals surface area contributed by atoms with Crippen LogP contribution in [0.15, 0.2) is 41.2 Å². The number of rotatable bonds is 7. The molecule has 1 aromatic carbocycles. The van der Waals surface area contributed by atoms with E-state index in [0.29, 0.717) is 10.8 Å². The van der Waals surface area contributed by atoms with Gasteiger partial charge in [-0.15, -0.1) is 0 Å². The lowest BCUT2D eigenvalue weighted by Crippen LogP contribution is -2.34. The smallest absolute Gasteiger partial charge is 0.293 e. The minimum Gasteiger partial charge on any atom is -0.478 e. The average Bonchev–Trinajstić information content (AvgIpc) is 2.86. The number of hydrogen-bond acceptors (Lipinski definition) is 6. The second-order valence-corrected chi connectivity index (χ2v) is 8.98. The van der Waals surface area contributed by atoms with Gasteiger partial charge >= 0.3 is 0 Å². The Bertz CT molecular complexity index is 1250. The second kappa shape index (κ2) is 10.3. The second-order valence-electron chi connectivity index (χ2n) is 8.57. The van der Waals surface area contributed by atoms with Crippen LogP contribution in [0.1, 0.15) is 26.2 Å². The van der Waals surface area contributed by atoms with Crippen LogP contribution in [-0.2, 0) is 11.8 Å². The quantitative estimate of drug-likeness (QED) is 0.526. The zero-order valence-corrected chi connectivity index (χ0v) is 20.5. The Kier molecular flexibility index (Phi) is 7.26. The number of pyridine rings is 2. The number of carbonyl (C=O) groups is 1. The zero-order valence-electron chi connectivity index (χ0n) is 19.7. The maximum atomic E-state index is 12.6. The molecule has 1 saturated heterocycles. The molecule has 1 fully saturated rings. The molecule has 0 bridgehead atoms. The third kappa shape index (κ3) is 5.12. The molecule has 0 saturated carbocycles. The van der Waals surface area contributed by atoms with Gasteiger partial charge in [0.15, 0.2) is 18.2 Å². The number of amides is 1. The zero-order chi connectivity index (χ0) is 24.2. The first-order valence-corrected chi connectivity index (χ1v) is 11.9. The van der Waals surface area contributed by atoms with Crippen LogP contribution in [0.2, 0.25) is 5.02 Å². The number of benzene rings is 1. The van der Waals surface area contributed by atoms with Gasteiger partial charge < -0.3 is 24.8 Å². The molecule has 1 aliphatic heterocycles. The molecule has 0 aliphatic carbocycles. The highest BCUT2D eigenvalue weighted by molar-refractivity contribution is 6.33. The summed E-state index contributed by atoms with van der Waals surface area (Å²) in [5.74, 6) is 2.09. The molecule has 180 valence electrons. The van der Waals surface area contributed by atoms with E-state index in [1.54, 1.807) is 13.1 Å². The number of ether oxygens (including phenoxy) is 1. The number of aromatic nitrogens is 2. The van der Waals surface area contributed by atoms with Crippen molar-refractivity contribution in [3.8, 4) is 5.75 Å². The third-order valence-electron chi connectivity index (χ3n) is 6.44. The molecular formula is C25H30ClN5O3. The van der Waals surface area contributed by atoms with E-state index in [1.807, 2.05) is 30.3 Å². The van der Waals surface area contributed by atoms with E-state index in [9.17, 15) is 9.59 Å². The van der Waals surface area contributed by atoms with Gasteiger partial charge in [0.25, 0.3) is 11.5 Å². The number of carbonyl (C=O) groups excluding carboxylic acids is 1. The first-order chi connectivity index (χ1) is 16.4. The van der Waals surface area contributed by atoms with Gasteiger partial charge in [0, 0.05) is 38.3 Å². The number of nitrogens with zero attached hydrogens (tertiary/aromatic N) is 3. The molecular weight excluding hydrogens is 454 g/mol. The topological polar surface area (TPSA) is 88.5 Å². The van der Waals surface area contributed by atoms with Crippen molar-refractivity contribution < 1.29 is 9.53 Å². The largest absolute Gasteiger partial charge is 0.478 e. The Labute approximate surface area is 203 Å². The van der Waals surface area contributed by atoms with Crippen LogP contribution in [0, 0.1) is 5.92 Å². The van der Waals surface area contributed by atoms with Crippen LogP contribution in [-0.4, -0.2) is 42.2 Å². The molecule has 3 heterocycles. The Morgan fingerprint density at radius 1 is 1.21 bits per heavy atom. The van der Waals surface area contributed by atoms with Gasteiger partial charge in [-0.3, -0.25) is 9.59 Å². The fourth-order valence-electron chi connectivity index (χ4n) is 4.25. The monoisotopic (exact) mass is 483 g/mol. The molecule has 1 aliphatic rings. The van der Waals surface area contributed by atoms with Gasteiger partial charge in [0.05, 0.1) is 10.5 Å². The summed E-state index contributed by atoms with van der Waals surface area (Å²) in [6, 6.07) is 11.1. The Morgan fingerprint density at radius 2 is 1.97 bits per heavy atom. The normalized spacial score (nSPS) is 14.3. The number of hydrogen-bond donors (Lipinski definition) is 2. The predicted octanol–water partition coefficient (Wildman–Crippen LogP) is 4.08. The summed E-state index contributed by atoms with van der Waals surface area (Å²) in [5.41, 5.74) is 1.22. The highest BCUT2D eigenvalue weighted by Crippen LogP contribution is 2.30. The highest BCUT2D eigenvalue weighted by Gasteiger charge is 2.20. The van der Waals surface area contributed by atoms with E-state index >= 15 is 0 Å². The van der Waals surface area contributed by atoms with E-state index in [4.69, 9.17) is 21.3 Å². The van der Waals surface area contributed by atoms with Crippen LogP contribution < -0.4 is 25.8 Å². The lowest BCUT2D eigenvalue weighted by Gasteiger charge is -2.32. The maximum absolute atomic E-state index is 12.6. The molecule has 0 spiro atoms. The van der Waals surface area contributed by atoms with Gasteiger partial charge in [-0.2, -0.15) is 0 Å². The molecule has 8 nitrogen and oxygen atoms in total. The first kappa shape index (κ1) is 23.9. The minimum atomic E-state index is -0.308. The molecule has 2 aromatic heterocycles. The lowest BCUT2D eigenvalue weighted by molar-refractivity contribution is -0.122. The van der Waals surface area contributed by atoms with E-state index < -0.39 is 0 Å². The summed E-state index contributed by atoms with van der Waals surface area (Å²) in [6.07, 6.45) is 3.58. The van der Waals surface area contributed by atoms with Gasteiger partial charge in [-0.25, -0.2) is 4.98 Å². The Hall–Kier alpha value is -3.26. The van der Waals surface area contributed by atoms with Crippen LogP contribution in [0.4, 0.5) is 17.3 Å². The number of aryl methyl sites for hydroxylation is 1. The summed E-state index contributed by atoms with van der Waals surface area (Å²) in [4.78, 5) is 31.2. The van der Waals surface area contributed by atoms with Crippen molar-refractivity contribution >= 4 is 45.7 Å². The van der Waals surface area contributed by atoms with Gasteiger partial charge in [-0.1, -0.05) is 24.9 Å². The third-order valence-corrected chi connectivity index (χ3v) is 6.74. The van der Waals surface area contributed by atoms with Crippen LogP contribution in [0.25, 0.3) is 10.9 Å². The van der Waals surface area contributed by atoms with E-state index in [1.165, 1.54) is 30.9 Å². The van der Waals surface area contributed by atoms with Gasteiger partial charge in [0.2, 0.25) is 0 Å². The number of anilines is 3. The van der Waals surface area contributed by atoms with E-state index in [0.717, 1.165) is 41.4 Å². The fourth-order valence-corrected chi connectivity index (χ4v) is 4.41. The standard InChI is InChI=1S/C25H30ClN5O3/c1-4-16-9-11-31(12-10-16)22-8-6-19(26)24(29-22)28-18-5-7-20-17(13-18)14-21(25(33)30(20)3)34-15-23(32)27-2/h5-8,13-14,16H,4,9-12,15H2,1-3H3,(H,27,32)(H,28,29). The number of piperidine rings is 1. The minimum absolute atomic E-state index is 0.115. The van der Waals surface area contributed by atoms with Gasteiger partial charge in [-0.05, 0) is 55.2 Å². The van der Waals surface area contributed by atoms with Crippen LogP contribution in [0.3, 0.4) is 0 Å². The number of likely N-dealkylation sites (N-methyl/N-ethyl adjacent to an activating group) is 1. The van der Waals surface area contributed by atoms with Crippen molar-refractivity contribution in [3.05, 3.63) is 51.8 Å². The lowest BCUT2D eigenvalue weighted by atomic mass is 9.94. The predicted molar refractivity (Wildman–Crippen MR) is 137 cm³/mol. The molecule has 9 heteroatoms. The summed E-state index contributed by atoms with van der Waals surface area (Å²) in [7, 11) is 3.19. The van der Waals surface area contributed by atoms with Crippen molar-refractivity contribution in [1.82, 2.24) is 14.9 Å². The molecule has 1 amide bonds. The molecule has 3 aromatic rings. The SMILES string of the molecule is CCC1CCN(c2ccc(Cl)c(Nc3ccc4c(c3)cc(OCC(=O)NC)c(=O)n4C)n2)CC1. The van der Waals surface area contributed by atoms with Crippen molar-refractivity contribution in [2.45, 2.75) is 26.2 Å². The summed E-state index contributed by atoms with van der Waals surface area (Å²) < 4.78 is 6.95. The van der Waals surface area contributed by atoms with Crippen LogP contribution in [0.5, 0.6) is 5.75 Å². The van der Waals surface area contributed by atoms with Crippen molar-refractivity contribution in [3.63, 3.8) is 0 Å². The van der Waals surface area contributed by atoms with Crippen molar-refractivity contribution in [2.75, 3.05) is 37.0 Å². The number of halogens is 1. The molecule has 0 atom stereocenters.